The zero-order valence-corrected chi connectivity index (χ0v) is 25.3. The van der Waals surface area contributed by atoms with Crippen LogP contribution in [0.2, 0.25) is 0 Å². The van der Waals surface area contributed by atoms with Gasteiger partial charge in [-0.3, -0.25) is 4.79 Å². The van der Waals surface area contributed by atoms with Crippen molar-refractivity contribution in [1.29, 1.82) is 0 Å². The van der Waals surface area contributed by atoms with Crippen molar-refractivity contribution in [2.24, 2.45) is 0 Å². The fourth-order valence-corrected chi connectivity index (χ4v) is 4.09. The van der Waals surface area contributed by atoms with E-state index in [0.717, 1.165) is 10.6 Å². The second-order valence-corrected chi connectivity index (χ2v) is 12.5. The van der Waals surface area contributed by atoms with Gasteiger partial charge in [0.15, 0.2) is 0 Å². The third-order valence-electron chi connectivity index (χ3n) is 5.48. The van der Waals surface area contributed by atoms with Crippen LogP contribution in [0.4, 0.5) is 10.3 Å². The molecular formula is C28H43FN4O6S. The Morgan fingerprint density at radius 3 is 2.02 bits per heavy atom. The van der Waals surface area contributed by atoms with Gasteiger partial charge in [-0.05, 0) is 30.2 Å². The first kappa shape index (κ1) is 35.1. The first-order valence-corrected chi connectivity index (χ1v) is 14.9. The Labute approximate surface area is 237 Å². The van der Waals surface area contributed by atoms with E-state index in [2.05, 4.69) is 43.0 Å². The molecular weight excluding hydrogens is 539 g/mol. The number of rotatable bonds is 12. The second kappa shape index (κ2) is 15.8. The van der Waals surface area contributed by atoms with E-state index in [1.165, 1.54) is 43.5 Å². The summed E-state index contributed by atoms with van der Waals surface area (Å²) >= 11 is 0. The molecule has 2 atom stereocenters. The molecule has 0 aliphatic heterocycles. The summed E-state index contributed by atoms with van der Waals surface area (Å²) in [7, 11) is -2.33. The Morgan fingerprint density at radius 1 is 1.05 bits per heavy atom. The summed E-state index contributed by atoms with van der Waals surface area (Å²) in [5.41, 5.74) is 1.80. The summed E-state index contributed by atoms with van der Waals surface area (Å²) < 4.78 is 38.6. The number of nitrogens with one attached hydrogen (secondary N) is 1. The predicted octanol–water partition coefficient (Wildman–Crippen LogP) is 3.79. The summed E-state index contributed by atoms with van der Waals surface area (Å²) in [5.74, 6) is -1.87. The summed E-state index contributed by atoms with van der Waals surface area (Å²) in [4.78, 5) is 19.6. The smallest absolute Gasteiger partial charge is 0.305 e. The number of aliphatic carboxylic acids is 1. The average Bonchev–Trinajstić information content (AvgIpc) is 2.80. The molecule has 2 rings (SSSR count). The number of carboxylic acids is 1. The molecule has 0 unspecified atom stereocenters. The number of carbonyl (C=O) groups is 1. The summed E-state index contributed by atoms with van der Waals surface area (Å²) in [6, 6.07) is 6.74. The maximum atomic E-state index is 13.5. The minimum atomic E-state index is -3.65. The van der Waals surface area contributed by atoms with Crippen LogP contribution in [0, 0.1) is 5.82 Å². The fraction of sp³-hybridized carbons (Fsp3) is 0.536. The molecule has 10 nitrogen and oxygen atoms in total. The standard InChI is InChI=1S/C22H28FN3O6S.C6H15N/c1-13(2)20-18(10-9-16(27)11-17(28)12-19(29)30)21(14-5-7-15(23)8-6-14)25-22(24-20)26(3)33(4,31)32;1-5(2)7-6(3)4/h5-10,13,16-17,27-28H,11-12H2,1-4H3,(H,29,30);5-7H,1-4H3/b10-9+;/t16-,17-;/m1./s1. The Bertz CT molecular complexity index is 1230. The van der Waals surface area contributed by atoms with E-state index < -0.39 is 40.4 Å². The van der Waals surface area contributed by atoms with Crippen molar-refractivity contribution >= 4 is 28.0 Å². The molecule has 4 N–H and O–H groups in total. The molecule has 0 radical (unpaired) electrons. The van der Waals surface area contributed by atoms with Gasteiger partial charge in [0, 0.05) is 36.7 Å². The van der Waals surface area contributed by atoms with E-state index in [9.17, 15) is 27.8 Å². The van der Waals surface area contributed by atoms with Crippen molar-refractivity contribution in [3.8, 4) is 11.3 Å². The van der Waals surface area contributed by atoms with Gasteiger partial charge in [-0.1, -0.05) is 53.7 Å². The van der Waals surface area contributed by atoms with Gasteiger partial charge in [0.1, 0.15) is 5.82 Å². The van der Waals surface area contributed by atoms with Crippen molar-refractivity contribution in [3.63, 3.8) is 0 Å². The van der Waals surface area contributed by atoms with Crippen LogP contribution < -0.4 is 9.62 Å². The zero-order chi connectivity index (χ0) is 30.8. The van der Waals surface area contributed by atoms with E-state index in [0.29, 0.717) is 34.6 Å². The van der Waals surface area contributed by atoms with Gasteiger partial charge in [0.25, 0.3) is 0 Å². The number of aliphatic hydroxyl groups excluding tert-OH is 2. The van der Waals surface area contributed by atoms with Gasteiger partial charge >= 0.3 is 5.97 Å². The van der Waals surface area contributed by atoms with Crippen LogP contribution in [-0.4, -0.2) is 77.3 Å². The fourth-order valence-electron chi connectivity index (χ4n) is 3.71. The SMILES string of the molecule is CC(C)NC(C)C.CC(C)c1nc(N(C)S(C)(=O)=O)nc(-c2ccc(F)cc2)c1/C=C/[C@@H](O)C[C@@H](O)CC(=O)O. The zero-order valence-electron chi connectivity index (χ0n) is 24.5. The van der Waals surface area contributed by atoms with Gasteiger partial charge in [-0.15, -0.1) is 0 Å². The second-order valence-electron chi connectivity index (χ2n) is 10.5. The molecule has 0 amide bonds. The molecule has 1 aromatic heterocycles. The van der Waals surface area contributed by atoms with E-state index in [1.54, 1.807) is 0 Å². The van der Waals surface area contributed by atoms with Gasteiger partial charge in [-0.2, -0.15) is 0 Å². The molecule has 1 heterocycles. The molecule has 0 aliphatic rings. The number of nitrogens with zero attached hydrogens (tertiary/aromatic N) is 3. The van der Waals surface area contributed by atoms with Crippen LogP contribution in [-0.2, 0) is 14.8 Å². The van der Waals surface area contributed by atoms with Crippen LogP contribution in [0.3, 0.4) is 0 Å². The lowest BCUT2D eigenvalue weighted by atomic mass is 9.97. The molecule has 224 valence electrons. The number of benzene rings is 1. The minimum absolute atomic E-state index is 0.0601. The van der Waals surface area contributed by atoms with Crippen molar-refractivity contribution < 1.29 is 32.9 Å². The lowest BCUT2D eigenvalue weighted by Gasteiger charge is -2.20. The quantitative estimate of drug-likeness (QED) is 0.293. The molecule has 2 aromatic rings. The molecule has 0 bridgehead atoms. The lowest BCUT2D eigenvalue weighted by molar-refractivity contribution is -0.139. The Hall–Kier alpha value is -2.93. The number of carboxylic acid groups (broad SMARTS) is 1. The average molecular weight is 583 g/mol. The Kier molecular flexibility index (Phi) is 13.8. The normalized spacial score (nSPS) is 13.4. The molecule has 0 saturated carbocycles. The molecule has 0 saturated heterocycles. The third-order valence-corrected chi connectivity index (χ3v) is 6.64. The van der Waals surface area contributed by atoms with Crippen LogP contribution in [0.25, 0.3) is 17.3 Å². The van der Waals surface area contributed by atoms with Gasteiger partial charge in [-0.25, -0.2) is 27.1 Å². The van der Waals surface area contributed by atoms with Crippen molar-refractivity contribution in [2.75, 3.05) is 17.6 Å². The molecule has 40 heavy (non-hydrogen) atoms. The highest BCUT2D eigenvalue weighted by Gasteiger charge is 2.22. The monoisotopic (exact) mass is 582 g/mol. The molecule has 0 aliphatic carbocycles. The van der Waals surface area contributed by atoms with Crippen molar-refractivity contribution in [3.05, 3.63) is 47.4 Å². The highest BCUT2D eigenvalue weighted by atomic mass is 32.2. The minimum Gasteiger partial charge on any atom is -0.481 e. The van der Waals surface area contributed by atoms with Crippen molar-refractivity contribution in [1.82, 2.24) is 15.3 Å². The van der Waals surface area contributed by atoms with Gasteiger partial charge in [0.05, 0.1) is 36.3 Å². The number of hydrogen-bond acceptors (Lipinski definition) is 8. The van der Waals surface area contributed by atoms with E-state index in [1.807, 2.05) is 13.8 Å². The van der Waals surface area contributed by atoms with E-state index >= 15 is 0 Å². The van der Waals surface area contributed by atoms with Crippen LogP contribution in [0.1, 0.15) is 71.6 Å². The van der Waals surface area contributed by atoms with Crippen LogP contribution >= 0.6 is 0 Å². The van der Waals surface area contributed by atoms with Gasteiger partial charge < -0.3 is 20.6 Å². The third kappa shape index (κ3) is 12.1. The first-order valence-electron chi connectivity index (χ1n) is 13.1. The Morgan fingerprint density at radius 2 is 1.60 bits per heavy atom. The number of aliphatic hydroxyl groups is 2. The largest absolute Gasteiger partial charge is 0.481 e. The Balaban J connectivity index is 0.00000101. The highest BCUT2D eigenvalue weighted by Crippen LogP contribution is 2.31. The number of sulfonamides is 1. The topological polar surface area (TPSA) is 153 Å². The predicted molar refractivity (Wildman–Crippen MR) is 156 cm³/mol. The maximum Gasteiger partial charge on any atom is 0.305 e. The van der Waals surface area contributed by atoms with E-state index in [4.69, 9.17) is 5.11 Å². The van der Waals surface area contributed by atoms with Crippen LogP contribution in [0.5, 0.6) is 0 Å². The van der Waals surface area contributed by atoms with Gasteiger partial charge in [0.2, 0.25) is 16.0 Å². The summed E-state index contributed by atoms with van der Waals surface area (Å²) in [6.45, 7) is 12.3. The van der Waals surface area contributed by atoms with Crippen molar-refractivity contribution in [2.45, 2.75) is 84.6 Å². The summed E-state index contributed by atoms with van der Waals surface area (Å²) in [5, 5.41) is 32.1. The molecule has 0 spiro atoms. The highest BCUT2D eigenvalue weighted by molar-refractivity contribution is 7.92. The summed E-state index contributed by atoms with van der Waals surface area (Å²) in [6.07, 6.45) is 0.860. The van der Waals surface area contributed by atoms with E-state index in [-0.39, 0.29) is 18.3 Å². The first-order chi connectivity index (χ1) is 18.4. The maximum absolute atomic E-state index is 13.5. The molecule has 0 fully saturated rings. The number of hydrogen-bond donors (Lipinski definition) is 4. The lowest BCUT2D eigenvalue weighted by Crippen LogP contribution is -2.29. The molecule has 1 aromatic carbocycles. The number of halogens is 1. The van der Waals surface area contributed by atoms with Crippen LogP contribution in [0.15, 0.2) is 30.3 Å². The molecule has 12 heteroatoms. The number of anilines is 1. The number of aromatic nitrogens is 2.